The Kier molecular flexibility index (Phi) is 3.51. The van der Waals surface area contributed by atoms with Crippen molar-refractivity contribution in [3.8, 4) is 0 Å². The Morgan fingerprint density at radius 2 is 1.53 bits per heavy atom. The SMILES string of the molecule is C.CC(C)(C)C1(C(C)(C)C)CNC(=O)O1. The summed E-state index contributed by atoms with van der Waals surface area (Å²) in [5.41, 5.74) is -0.550. The average Bonchev–Trinajstić information content (AvgIpc) is 2.28. The maximum absolute atomic E-state index is 11.2. The van der Waals surface area contributed by atoms with Crippen molar-refractivity contribution in [2.75, 3.05) is 6.54 Å². The van der Waals surface area contributed by atoms with Gasteiger partial charge in [0.2, 0.25) is 0 Å². The Morgan fingerprint density at radius 3 is 1.67 bits per heavy atom. The van der Waals surface area contributed by atoms with Crippen LogP contribution in [0.5, 0.6) is 0 Å². The standard InChI is InChI=1S/C11H21NO2.CH4/c1-9(2,3)11(10(4,5)6)7-12-8(13)14-11;/h7H2,1-6H3,(H,12,13);1H4. The van der Waals surface area contributed by atoms with Crippen molar-refractivity contribution >= 4 is 6.09 Å². The Bertz CT molecular complexity index is 231. The third kappa shape index (κ3) is 2.11. The van der Waals surface area contributed by atoms with E-state index in [1.54, 1.807) is 0 Å². The van der Waals surface area contributed by atoms with Crippen LogP contribution in [-0.4, -0.2) is 18.2 Å². The Hall–Kier alpha value is -0.730. The molecule has 1 heterocycles. The van der Waals surface area contributed by atoms with Crippen molar-refractivity contribution in [3.05, 3.63) is 0 Å². The summed E-state index contributed by atoms with van der Waals surface area (Å²) in [6.45, 7) is 13.3. The largest absolute Gasteiger partial charge is 0.440 e. The molecule has 0 bridgehead atoms. The van der Waals surface area contributed by atoms with Crippen LogP contribution in [0.2, 0.25) is 0 Å². The lowest BCUT2D eigenvalue weighted by molar-refractivity contribution is -0.108. The highest BCUT2D eigenvalue weighted by molar-refractivity contribution is 5.70. The number of ether oxygens (including phenoxy) is 1. The molecule has 1 saturated heterocycles. The highest BCUT2D eigenvalue weighted by Crippen LogP contribution is 2.48. The molecule has 0 aromatic heterocycles. The van der Waals surface area contributed by atoms with E-state index >= 15 is 0 Å². The summed E-state index contributed by atoms with van der Waals surface area (Å²) >= 11 is 0. The molecule has 1 aliphatic rings. The van der Waals surface area contributed by atoms with Crippen molar-refractivity contribution < 1.29 is 9.53 Å². The second-order valence-electron chi connectivity index (χ2n) is 6.07. The summed E-state index contributed by atoms with van der Waals surface area (Å²) in [6.07, 6.45) is -0.296. The van der Waals surface area contributed by atoms with E-state index in [0.717, 1.165) is 0 Å². The summed E-state index contributed by atoms with van der Waals surface area (Å²) in [4.78, 5) is 11.2. The van der Waals surface area contributed by atoms with Gasteiger partial charge in [0.15, 0.2) is 0 Å². The van der Waals surface area contributed by atoms with Gasteiger partial charge in [0, 0.05) is 10.8 Å². The van der Waals surface area contributed by atoms with E-state index in [1.807, 2.05) is 0 Å². The van der Waals surface area contributed by atoms with E-state index in [-0.39, 0.29) is 24.3 Å². The van der Waals surface area contributed by atoms with E-state index < -0.39 is 5.60 Å². The molecule has 0 atom stereocenters. The zero-order valence-electron chi connectivity index (χ0n) is 10.0. The lowest BCUT2D eigenvalue weighted by Gasteiger charge is -2.48. The second kappa shape index (κ2) is 3.69. The molecule has 3 heteroatoms. The molecule has 0 spiro atoms. The van der Waals surface area contributed by atoms with Crippen LogP contribution in [0.3, 0.4) is 0 Å². The minimum absolute atomic E-state index is 0. The number of alkyl carbamates (subject to hydrolysis) is 1. The molecule has 3 nitrogen and oxygen atoms in total. The molecule has 15 heavy (non-hydrogen) atoms. The molecule has 90 valence electrons. The quantitative estimate of drug-likeness (QED) is 0.674. The number of nitrogens with one attached hydrogen (secondary N) is 1. The summed E-state index contributed by atoms with van der Waals surface area (Å²) in [6, 6.07) is 0. The van der Waals surface area contributed by atoms with E-state index in [4.69, 9.17) is 4.74 Å². The number of hydrogen-bond donors (Lipinski definition) is 1. The van der Waals surface area contributed by atoms with Crippen molar-refractivity contribution in [3.63, 3.8) is 0 Å². The lowest BCUT2D eigenvalue weighted by atomic mass is 9.62. The first-order valence-corrected chi connectivity index (χ1v) is 5.07. The predicted octanol–water partition coefficient (Wildman–Crippen LogP) is 3.19. The highest BCUT2D eigenvalue weighted by atomic mass is 16.6. The second-order valence-corrected chi connectivity index (χ2v) is 6.07. The molecule has 1 aliphatic heterocycles. The third-order valence-electron chi connectivity index (χ3n) is 3.17. The molecule has 0 radical (unpaired) electrons. The molecule has 1 rings (SSSR count). The number of carbonyl (C=O) groups is 1. The van der Waals surface area contributed by atoms with Gasteiger partial charge in [-0.3, -0.25) is 0 Å². The molecule has 0 aliphatic carbocycles. The number of amides is 1. The van der Waals surface area contributed by atoms with E-state index in [2.05, 4.69) is 46.9 Å². The van der Waals surface area contributed by atoms with Gasteiger partial charge in [-0.15, -0.1) is 0 Å². The van der Waals surface area contributed by atoms with E-state index in [0.29, 0.717) is 6.54 Å². The van der Waals surface area contributed by atoms with Crippen molar-refractivity contribution in [1.82, 2.24) is 5.32 Å². The Morgan fingerprint density at radius 1 is 1.13 bits per heavy atom. The van der Waals surface area contributed by atoms with Gasteiger partial charge in [0.25, 0.3) is 0 Å². The molecule has 1 N–H and O–H groups in total. The van der Waals surface area contributed by atoms with Gasteiger partial charge in [-0.1, -0.05) is 49.0 Å². The first-order valence-electron chi connectivity index (χ1n) is 5.07. The first kappa shape index (κ1) is 14.3. The summed E-state index contributed by atoms with van der Waals surface area (Å²) in [5.74, 6) is 0. The van der Waals surface area contributed by atoms with Gasteiger partial charge < -0.3 is 10.1 Å². The molecular formula is C12H25NO2. The fraction of sp³-hybridized carbons (Fsp3) is 0.917. The molecule has 0 unspecified atom stereocenters. The van der Waals surface area contributed by atoms with Crippen LogP contribution in [-0.2, 0) is 4.74 Å². The van der Waals surface area contributed by atoms with E-state index in [9.17, 15) is 4.79 Å². The number of carbonyl (C=O) groups excluding carboxylic acids is 1. The van der Waals surface area contributed by atoms with Gasteiger partial charge >= 0.3 is 6.09 Å². The van der Waals surface area contributed by atoms with Crippen LogP contribution < -0.4 is 5.32 Å². The van der Waals surface area contributed by atoms with Gasteiger partial charge in [0.1, 0.15) is 5.60 Å². The number of hydrogen-bond acceptors (Lipinski definition) is 2. The third-order valence-corrected chi connectivity index (χ3v) is 3.17. The molecule has 1 fully saturated rings. The molecule has 0 aromatic rings. The van der Waals surface area contributed by atoms with Crippen LogP contribution in [0.4, 0.5) is 4.79 Å². The normalized spacial score (nSPS) is 20.3. The molecule has 0 aromatic carbocycles. The van der Waals surface area contributed by atoms with Gasteiger partial charge in [-0.2, -0.15) is 0 Å². The monoisotopic (exact) mass is 215 g/mol. The van der Waals surface area contributed by atoms with Crippen LogP contribution in [0.15, 0.2) is 0 Å². The minimum atomic E-state index is -0.420. The van der Waals surface area contributed by atoms with Gasteiger partial charge in [-0.05, 0) is 0 Å². The topological polar surface area (TPSA) is 38.3 Å². The maximum atomic E-state index is 11.2. The number of cyclic esters (lactones) is 1. The van der Waals surface area contributed by atoms with Gasteiger partial charge in [-0.25, -0.2) is 4.79 Å². The smallest absolute Gasteiger partial charge is 0.407 e. The lowest BCUT2D eigenvalue weighted by Crippen LogP contribution is -2.55. The zero-order valence-corrected chi connectivity index (χ0v) is 10.0. The van der Waals surface area contributed by atoms with Crippen LogP contribution in [0, 0.1) is 10.8 Å². The fourth-order valence-electron chi connectivity index (χ4n) is 2.39. The van der Waals surface area contributed by atoms with Gasteiger partial charge in [0.05, 0.1) is 6.54 Å². The molecule has 1 amide bonds. The van der Waals surface area contributed by atoms with Crippen LogP contribution in [0.25, 0.3) is 0 Å². The van der Waals surface area contributed by atoms with Crippen molar-refractivity contribution in [2.24, 2.45) is 10.8 Å². The van der Waals surface area contributed by atoms with Crippen molar-refractivity contribution in [2.45, 2.75) is 54.6 Å². The average molecular weight is 215 g/mol. The summed E-state index contributed by atoms with van der Waals surface area (Å²) in [7, 11) is 0. The van der Waals surface area contributed by atoms with Crippen LogP contribution in [0.1, 0.15) is 49.0 Å². The molecule has 0 saturated carbocycles. The predicted molar refractivity (Wildman–Crippen MR) is 62.9 cm³/mol. The minimum Gasteiger partial charge on any atom is -0.440 e. The summed E-state index contributed by atoms with van der Waals surface area (Å²) in [5, 5.41) is 2.76. The maximum Gasteiger partial charge on any atom is 0.407 e. The molecular weight excluding hydrogens is 190 g/mol. The Balaban J connectivity index is 0.00000196. The van der Waals surface area contributed by atoms with Crippen molar-refractivity contribution in [1.29, 1.82) is 0 Å². The van der Waals surface area contributed by atoms with E-state index in [1.165, 1.54) is 0 Å². The Labute approximate surface area is 93.6 Å². The fourth-order valence-corrected chi connectivity index (χ4v) is 2.39. The highest BCUT2D eigenvalue weighted by Gasteiger charge is 2.57. The number of rotatable bonds is 0. The zero-order chi connectivity index (χ0) is 11.2. The summed E-state index contributed by atoms with van der Waals surface area (Å²) < 4.78 is 5.53. The van der Waals surface area contributed by atoms with Crippen LogP contribution >= 0.6 is 0 Å². The first-order chi connectivity index (χ1) is 6.10.